The summed E-state index contributed by atoms with van der Waals surface area (Å²) in [6.07, 6.45) is 1.88. The van der Waals surface area contributed by atoms with Crippen LogP contribution in [0.25, 0.3) is 0 Å². The standard InChI is InChI=1S/C15H13N3O2/c19-18(20)13-6-3-5-12(10-13)16-17-15-9-8-11-4-1-2-7-14(11)15/h1-7,10,16H,8-9H2/b17-15+. The number of non-ortho nitro benzene ring substituents is 1. The van der Waals surface area contributed by atoms with Gasteiger partial charge in [-0.05, 0) is 24.5 Å². The van der Waals surface area contributed by atoms with Crippen molar-refractivity contribution < 1.29 is 4.92 Å². The van der Waals surface area contributed by atoms with E-state index in [0.29, 0.717) is 5.69 Å². The number of hydrazone groups is 1. The summed E-state index contributed by atoms with van der Waals surface area (Å²) < 4.78 is 0. The third kappa shape index (κ3) is 2.38. The Kier molecular flexibility index (Phi) is 3.16. The van der Waals surface area contributed by atoms with E-state index in [1.807, 2.05) is 12.1 Å². The number of nitrogens with zero attached hydrogens (tertiary/aromatic N) is 2. The number of fused-ring (bicyclic) bond motifs is 1. The maximum absolute atomic E-state index is 10.7. The van der Waals surface area contributed by atoms with Crippen molar-refractivity contribution in [3.05, 3.63) is 69.8 Å². The van der Waals surface area contributed by atoms with E-state index >= 15 is 0 Å². The third-order valence-electron chi connectivity index (χ3n) is 3.34. The molecule has 0 heterocycles. The molecule has 3 rings (SSSR count). The molecule has 20 heavy (non-hydrogen) atoms. The Morgan fingerprint density at radius 3 is 2.80 bits per heavy atom. The zero-order chi connectivity index (χ0) is 13.9. The van der Waals surface area contributed by atoms with Gasteiger partial charge in [-0.1, -0.05) is 30.3 Å². The molecule has 5 nitrogen and oxygen atoms in total. The van der Waals surface area contributed by atoms with Crippen molar-refractivity contribution >= 4 is 17.1 Å². The van der Waals surface area contributed by atoms with Crippen LogP contribution in [0.15, 0.2) is 53.6 Å². The molecule has 0 unspecified atom stereocenters. The minimum Gasteiger partial charge on any atom is -0.278 e. The van der Waals surface area contributed by atoms with Crippen LogP contribution in [0, 0.1) is 10.1 Å². The normalized spacial score (nSPS) is 15.1. The number of hydrogen-bond donors (Lipinski definition) is 1. The molecule has 0 amide bonds. The fraction of sp³-hybridized carbons (Fsp3) is 0.133. The minimum absolute atomic E-state index is 0.0574. The molecule has 1 aliphatic carbocycles. The molecule has 0 aliphatic heterocycles. The van der Waals surface area contributed by atoms with E-state index in [4.69, 9.17) is 0 Å². The Balaban J connectivity index is 1.82. The number of nitrogens with one attached hydrogen (secondary N) is 1. The molecule has 0 atom stereocenters. The highest BCUT2D eigenvalue weighted by Gasteiger charge is 2.16. The first-order chi connectivity index (χ1) is 9.74. The second kappa shape index (κ2) is 5.13. The summed E-state index contributed by atoms with van der Waals surface area (Å²) in [6, 6.07) is 14.5. The number of benzene rings is 2. The second-order valence-electron chi connectivity index (χ2n) is 4.63. The van der Waals surface area contributed by atoms with E-state index in [0.717, 1.165) is 24.1 Å². The van der Waals surface area contributed by atoms with Crippen LogP contribution < -0.4 is 5.43 Å². The lowest BCUT2D eigenvalue weighted by molar-refractivity contribution is -0.384. The summed E-state index contributed by atoms with van der Waals surface area (Å²) in [5.74, 6) is 0. The summed E-state index contributed by atoms with van der Waals surface area (Å²) in [6.45, 7) is 0. The predicted molar refractivity (Wildman–Crippen MR) is 78.0 cm³/mol. The first-order valence-electron chi connectivity index (χ1n) is 6.39. The predicted octanol–water partition coefficient (Wildman–Crippen LogP) is 3.36. The molecule has 100 valence electrons. The van der Waals surface area contributed by atoms with Gasteiger partial charge in [0, 0.05) is 17.7 Å². The summed E-state index contributed by atoms with van der Waals surface area (Å²) in [4.78, 5) is 10.3. The van der Waals surface area contributed by atoms with Gasteiger partial charge in [0.1, 0.15) is 0 Å². The molecule has 2 aromatic rings. The van der Waals surface area contributed by atoms with E-state index in [-0.39, 0.29) is 5.69 Å². The number of rotatable bonds is 3. The lowest BCUT2D eigenvalue weighted by Crippen LogP contribution is -2.00. The van der Waals surface area contributed by atoms with Crippen molar-refractivity contribution in [2.75, 3.05) is 5.43 Å². The Morgan fingerprint density at radius 2 is 1.95 bits per heavy atom. The van der Waals surface area contributed by atoms with Gasteiger partial charge in [-0.3, -0.25) is 15.5 Å². The van der Waals surface area contributed by atoms with Gasteiger partial charge in [-0.25, -0.2) is 0 Å². The van der Waals surface area contributed by atoms with Crippen LogP contribution in [0.3, 0.4) is 0 Å². The third-order valence-corrected chi connectivity index (χ3v) is 3.34. The van der Waals surface area contributed by atoms with Crippen LogP contribution in [0.2, 0.25) is 0 Å². The molecule has 2 aromatic carbocycles. The van der Waals surface area contributed by atoms with Crippen molar-refractivity contribution in [1.29, 1.82) is 0 Å². The summed E-state index contributed by atoms with van der Waals surface area (Å²) in [5.41, 5.74) is 7.03. The van der Waals surface area contributed by atoms with Crippen LogP contribution in [-0.4, -0.2) is 10.6 Å². The van der Waals surface area contributed by atoms with E-state index in [2.05, 4.69) is 22.7 Å². The molecule has 0 saturated heterocycles. The van der Waals surface area contributed by atoms with E-state index in [9.17, 15) is 10.1 Å². The molecular formula is C15H13N3O2. The van der Waals surface area contributed by atoms with Gasteiger partial charge in [0.2, 0.25) is 0 Å². The van der Waals surface area contributed by atoms with Crippen molar-refractivity contribution in [2.24, 2.45) is 5.10 Å². The maximum Gasteiger partial charge on any atom is 0.271 e. The number of aryl methyl sites for hydroxylation is 1. The van der Waals surface area contributed by atoms with E-state index in [1.165, 1.54) is 17.7 Å². The summed E-state index contributed by atoms with van der Waals surface area (Å²) in [7, 11) is 0. The smallest absolute Gasteiger partial charge is 0.271 e. The molecule has 0 fully saturated rings. The topological polar surface area (TPSA) is 67.5 Å². The molecule has 0 aromatic heterocycles. The van der Waals surface area contributed by atoms with Crippen LogP contribution >= 0.6 is 0 Å². The lowest BCUT2D eigenvalue weighted by atomic mass is 10.1. The second-order valence-corrected chi connectivity index (χ2v) is 4.63. The van der Waals surface area contributed by atoms with Gasteiger partial charge < -0.3 is 0 Å². The van der Waals surface area contributed by atoms with Gasteiger partial charge in [-0.2, -0.15) is 5.10 Å². The molecule has 5 heteroatoms. The highest BCUT2D eigenvalue weighted by atomic mass is 16.6. The van der Waals surface area contributed by atoms with Crippen molar-refractivity contribution in [1.82, 2.24) is 0 Å². The number of nitro groups is 1. The minimum atomic E-state index is -0.413. The number of nitro benzene ring substituents is 1. The van der Waals surface area contributed by atoms with Crippen LogP contribution in [0.4, 0.5) is 11.4 Å². The molecular weight excluding hydrogens is 254 g/mol. The first kappa shape index (κ1) is 12.3. The monoisotopic (exact) mass is 267 g/mol. The average Bonchev–Trinajstić information content (AvgIpc) is 2.89. The van der Waals surface area contributed by atoms with E-state index in [1.54, 1.807) is 12.1 Å². The highest BCUT2D eigenvalue weighted by molar-refractivity contribution is 6.04. The Bertz CT molecular complexity index is 695. The molecule has 1 N–H and O–H groups in total. The first-order valence-corrected chi connectivity index (χ1v) is 6.39. The Morgan fingerprint density at radius 1 is 1.10 bits per heavy atom. The molecule has 0 saturated carbocycles. The lowest BCUT2D eigenvalue weighted by Gasteiger charge is -2.03. The molecule has 1 aliphatic rings. The Labute approximate surface area is 116 Å². The molecule has 0 bridgehead atoms. The van der Waals surface area contributed by atoms with Gasteiger partial charge in [0.05, 0.1) is 16.3 Å². The summed E-state index contributed by atoms with van der Waals surface area (Å²) >= 11 is 0. The van der Waals surface area contributed by atoms with Crippen LogP contribution in [-0.2, 0) is 6.42 Å². The largest absolute Gasteiger partial charge is 0.278 e. The Hall–Kier alpha value is -2.69. The van der Waals surface area contributed by atoms with Crippen molar-refractivity contribution in [2.45, 2.75) is 12.8 Å². The van der Waals surface area contributed by atoms with Gasteiger partial charge in [0.15, 0.2) is 0 Å². The SMILES string of the molecule is O=[N+]([O-])c1cccc(N/N=C2\CCc3ccccc32)c1. The number of hydrogen-bond acceptors (Lipinski definition) is 4. The fourth-order valence-electron chi connectivity index (χ4n) is 2.34. The zero-order valence-electron chi connectivity index (χ0n) is 10.7. The van der Waals surface area contributed by atoms with Crippen LogP contribution in [0.1, 0.15) is 17.5 Å². The van der Waals surface area contributed by atoms with Gasteiger partial charge in [-0.15, -0.1) is 0 Å². The number of anilines is 1. The highest BCUT2D eigenvalue weighted by Crippen LogP contribution is 2.23. The maximum atomic E-state index is 10.7. The van der Waals surface area contributed by atoms with Crippen LogP contribution in [0.5, 0.6) is 0 Å². The molecule has 0 spiro atoms. The molecule has 0 radical (unpaired) electrons. The van der Waals surface area contributed by atoms with Crippen molar-refractivity contribution in [3.63, 3.8) is 0 Å². The van der Waals surface area contributed by atoms with Gasteiger partial charge >= 0.3 is 0 Å². The van der Waals surface area contributed by atoms with Gasteiger partial charge in [0.25, 0.3) is 5.69 Å². The zero-order valence-corrected chi connectivity index (χ0v) is 10.7. The summed E-state index contributed by atoms with van der Waals surface area (Å²) in [5, 5.41) is 15.1. The average molecular weight is 267 g/mol. The van der Waals surface area contributed by atoms with E-state index < -0.39 is 4.92 Å². The fourth-order valence-corrected chi connectivity index (χ4v) is 2.34. The quantitative estimate of drug-likeness (QED) is 0.685. The van der Waals surface area contributed by atoms with Crippen molar-refractivity contribution in [3.8, 4) is 0 Å².